The molecule has 1 amide bonds. The number of unbranched alkanes of at least 4 members (excludes halogenated alkanes) is 8. The molecule has 0 aromatic heterocycles. The fraction of sp³-hybridized carbons (Fsp3) is 0.941. The molecule has 0 radical (unpaired) electrons. The van der Waals surface area contributed by atoms with Gasteiger partial charge in [-0.15, -0.1) is 0 Å². The molecule has 1 saturated heterocycles. The van der Waals surface area contributed by atoms with Crippen LogP contribution in [0.4, 0.5) is 0 Å². The highest BCUT2D eigenvalue weighted by Gasteiger charge is 2.15. The van der Waals surface area contributed by atoms with Gasteiger partial charge in [-0.2, -0.15) is 0 Å². The number of carbonyl (C=O) groups excluding carboxylic acids is 1. The van der Waals surface area contributed by atoms with Crippen molar-refractivity contribution in [3.63, 3.8) is 0 Å². The minimum absolute atomic E-state index is 0.198. The standard InChI is InChI=1S/C17H33NO2/c1-2-3-4-5-6-7-8-9-10-13-17(19)18-15-16-12-11-14-20-16/h16H,2-15H2,1H3,(H,18,19)/t16-/m0/s1. The zero-order valence-electron chi connectivity index (χ0n) is 13.3. The molecule has 0 aromatic rings. The lowest BCUT2D eigenvalue weighted by molar-refractivity contribution is -0.121. The topological polar surface area (TPSA) is 38.3 Å². The van der Waals surface area contributed by atoms with Crippen molar-refractivity contribution in [3.05, 3.63) is 0 Å². The maximum Gasteiger partial charge on any atom is 0.220 e. The maximum absolute atomic E-state index is 11.6. The summed E-state index contributed by atoms with van der Waals surface area (Å²) in [5.74, 6) is 0.198. The van der Waals surface area contributed by atoms with Crippen molar-refractivity contribution < 1.29 is 9.53 Å². The molecular weight excluding hydrogens is 250 g/mol. The summed E-state index contributed by atoms with van der Waals surface area (Å²) in [6, 6.07) is 0. The van der Waals surface area contributed by atoms with Gasteiger partial charge in [0, 0.05) is 19.6 Å². The van der Waals surface area contributed by atoms with Gasteiger partial charge in [-0.25, -0.2) is 0 Å². The van der Waals surface area contributed by atoms with Gasteiger partial charge >= 0.3 is 0 Å². The Morgan fingerprint density at radius 3 is 2.30 bits per heavy atom. The first-order chi connectivity index (χ1) is 9.83. The van der Waals surface area contributed by atoms with Crippen molar-refractivity contribution in [2.24, 2.45) is 0 Å². The summed E-state index contributed by atoms with van der Waals surface area (Å²) < 4.78 is 5.49. The molecule has 0 aromatic carbocycles. The quantitative estimate of drug-likeness (QED) is 0.545. The van der Waals surface area contributed by atoms with Gasteiger partial charge < -0.3 is 10.1 Å². The van der Waals surface area contributed by atoms with Crippen LogP contribution in [-0.2, 0) is 9.53 Å². The second-order valence-electron chi connectivity index (χ2n) is 6.02. The van der Waals surface area contributed by atoms with E-state index in [0.29, 0.717) is 13.0 Å². The predicted octanol–water partition coefficient (Wildman–Crippen LogP) is 4.20. The van der Waals surface area contributed by atoms with Gasteiger partial charge in [0.25, 0.3) is 0 Å². The molecule has 1 N–H and O–H groups in total. The molecule has 3 nitrogen and oxygen atoms in total. The molecule has 3 heteroatoms. The van der Waals surface area contributed by atoms with E-state index in [9.17, 15) is 4.79 Å². The highest BCUT2D eigenvalue weighted by Crippen LogP contribution is 2.12. The first-order valence-electron chi connectivity index (χ1n) is 8.71. The van der Waals surface area contributed by atoms with Crippen LogP contribution >= 0.6 is 0 Å². The van der Waals surface area contributed by atoms with Crippen LogP contribution in [0.25, 0.3) is 0 Å². The number of hydrogen-bond donors (Lipinski definition) is 1. The lowest BCUT2D eigenvalue weighted by atomic mass is 10.1. The summed E-state index contributed by atoms with van der Waals surface area (Å²) in [5.41, 5.74) is 0. The highest BCUT2D eigenvalue weighted by molar-refractivity contribution is 5.75. The second kappa shape index (κ2) is 12.2. The van der Waals surface area contributed by atoms with E-state index >= 15 is 0 Å². The van der Waals surface area contributed by atoms with Crippen LogP contribution < -0.4 is 5.32 Å². The Kier molecular flexibility index (Phi) is 10.7. The van der Waals surface area contributed by atoms with E-state index in [2.05, 4.69) is 12.2 Å². The van der Waals surface area contributed by atoms with E-state index < -0.39 is 0 Å². The number of rotatable bonds is 12. The number of ether oxygens (including phenoxy) is 1. The van der Waals surface area contributed by atoms with Crippen molar-refractivity contribution in [2.75, 3.05) is 13.2 Å². The third-order valence-corrected chi connectivity index (χ3v) is 4.06. The molecule has 1 aliphatic rings. The third kappa shape index (κ3) is 9.35. The Morgan fingerprint density at radius 2 is 1.70 bits per heavy atom. The zero-order valence-corrected chi connectivity index (χ0v) is 13.3. The lowest BCUT2D eigenvalue weighted by Gasteiger charge is -2.10. The van der Waals surface area contributed by atoms with Crippen molar-refractivity contribution in [3.8, 4) is 0 Å². The molecule has 0 spiro atoms. The van der Waals surface area contributed by atoms with E-state index in [1.807, 2.05) is 0 Å². The monoisotopic (exact) mass is 283 g/mol. The van der Waals surface area contributed by atoms with E-state index in [1.165, 1.54) is 51.4 Å². The summed E-state index contributed by atoms with van der Waals surface area (Å²) >= 11 is 0. The van der Waals surface area contributed by atoms with Crippen molar-refractivity contribution in [2.45, 2.75) is 90.1 Å². The van der Waals surface area contributed by atoms with Gasteiger partial charge in [-0.3, -0.25) is 4.79 Å². The van der Waals surface area contributed by atoms with Crippen LogP contribution in [0.5, 0.6) is 0 Å². The van der Waals surface area contributed by atoms with Crippen LogP contribution in [0.1, 0.15) is 84.0 Å². The summed E-state index contributed by atoms with van der Waals surface area (Å²) in [5, 5.41) is 2.99. The molecule has 1 atom stereocenters. The summed E-state index contributed by atoms with van der Waals surface area (Å²) in [6.07, 6.45) is 14.9. The van der Waals surface area contributed by atoms with Gasteiger partial charge in [-0.05, 0) is 19.3 Å². The molecular formula is C17H33NO2. The third-order valence-electron chi connectivity index (χ3n) is 4.06. The van der Waals surface area contributed by atoms with Crippen LogP contribution in [0, 0.1) is 0 Å². The normalized spacial score (nSPS) is 18.4. The fourth-order valence-electron chi connectivity index (χ4n) is 2.72. The van der Waals surface area contributed by atoms with Gasteiger partial charge in [0.1, 0.15) is 0 Å². The first kappa shape index (κ1) is 17.5. The van der Waals surface area contributed by atoms with E-state index in [-0.39, 0.29) is 12.0 Å². The second-order valence-corrected chi connectivity index (χ2v) is 6.02. The van der Waals surface area contributed by atoms with Gasteiger partial charge in [0.2, 0.25) is 5.91 Å². The number of nitrogens with one attached hydrogen (secondary N) is 1. The van der Waals surface area contributed by atoms with E-state index in [0.717, 1.165) is 25.9 Å². The molecule has 0 unspecified atom stereocenters. The van der Waals surface area contributed by atoms with Gasteiger partial charge in [0.15, 0.2) is 0 Å². The molecule has 1 aliphatic heterocycles. The molecule has 1 heterocycles. The molecule has 1 fully saturated rings. The molecule has 1 rings (SSSR count). The van der Waals surface area contributed by atoms with Crippen LogP contribution in [-0.4, -0.2) is 25.2 Å². The minimum atomic E-state index is 0.198. The molecule has 0 aliphatic carbocycles. The van der Waals surface area contributed by atoms with Crippen molar-refractivity contribution in [1.82, 2.24) is 5.32 Å². The van der Waals surface area contributed by atoms with E-state index in [4.69, 9.17) is 4.74 Å². The van der Waals surface area contributed by atoms with Gasteiger partial charge in [0.05, 0.1) is 6.10 Å². The Hall–Kier alpha value is -0.570. The maximum atomic E-state index is 11.6. The minimum Gasteiger partial charge on any atom is -0.376 e. The Bertz CT molecular complexity index is 237. The lowest BCUT2D eigenvalue weighted by Crippen LogP contribution is -2.31. The number of amides is 1. The summed E-state index contributed by atoms with van der Waals surface area (Å²) in [4.78, 5) is 11.6. The Labute approximate surface area is 124 Å². The first-order valence-corrected chi connectivity index (χ1v) is 8.71. The summed E-state index contributed by atoms with van der Waals surface area (Å²) in [6.45, 7) is 3.82. The average molecular weight is 283 g/mol. The fourth-order valence-corrected chi connectivity index (χ4v) is 2.72. The predicted molar refractivity (Wildman–Crippen MR) is 83.8 cm³/mol. The smallest absolute Gasteiger partial charge is 0.220 e. The molecule has 0 bridgehead atoms. The SMILES string of the molecule is CCCCCCCCCCCC(=O)NC[C@@H]1CCCO1. The van der Waals surface area contributed by atoms with Gasteiger partial charge in [-0.1, -0.05) is 58.3 Å². The molecule has 0 saturated carbocycles. The molecule has 20 heavy (non-hydrogen) atoms. The summed E-state index contributed by atoms with van der Waals surface area (Å²) in [7, 11) is 0. The van der Waals surface area contributed by atoms with E-state index in [1.54, 1.807) is 0 Å². The Morgan fingerprint density at radius 1 is 1.05 bits per heavy atom. The number of carbonyl (C=O) groups is 1. The van der Waals surface area contributed by atoms with Crippen LogP contribution in [0.2, 0.25) is 0 Å². The number of hydrogen-bond acceptors (Lipinski definition) is 2. The zero-order chi connectivity index (χ0) is 14.5. The Balaban J connectivity index is 1.79. The highest BCUT2D eigenvalue weighted by atomic mass is 16.5. The largest absolute Gasteiger partial charge is 0.376 e. The van der Waals surface area contributed by atoms with Crippen molar-refractivity contribution in [1.29, 1.82) is 0 Å². The van der Waals surface area contributed by atoms with Crippen LogP contribution in [0.15, 0.2) is 0 Å². The van der Waals surface area contributed by atoms with Crippen molar-refractivity contribution >= 4 is 5.91 Å². The van der Waals surface area contributed by atoms with Crippen LogP contribution in [0.3, 0.4) is 0 Å². The average Bonchev–Trinajstić information content (AvgIpc) is 2.96. The molecule has 118 valence electrons.